The van der Waals surface area contributed by atoms with Crippen molar-refractivity contribution in [2.24, 2.45) is 0 Å². The van der Waals surface area contributed by atoms with Crippen molar-refractivity contribution in [2.75, 3.05) is 6.26 Å². The van der Waals surface area contributed by atoms with Crippen LogP contribution in [0.1, 0.15) is 17.7 Å². The van der Waals surface area contributed by atoms with E-state index in [0.29, 0.717) is 0 Å². The quantitative estimate of drug-likeness (QED) is 0.757. The Bertz CT molecular complexity index is 668. The third-order valence-electron chi connectivity index (χ3n) is 3.21. The Morgan fingerprint density at radius 2 is 1.94 bits per heavy atom. The van der Waals surface area contributed by atoms with Crippen LogP contribution < -0.4 is 0 Å². The normalized spacial score (nSPS) is 15.6. The van der Waals surface area contributed by atoms with Crippen molar-refractivity contribution in [2.45, 2.75) is 19.3 Å². The molecule has 1 aromatic heterocycles. The third kappa shape index (κ3) is 1.23. The minimum atomic E-state index is -3.19. The van der Waals surface area contributed by atoms with Crippen LogP contribution in [0.2, 0.25) is 0 Å². The van der Waals surface area contributed by atoms with Crippen LogP contribution in [0, 0.1) is 0 Å². The van der Waals surface area contributed by atoms with Gasteiger partial charge >= 0.3 is 0 Å². The minimum absolute atomic E-state index is 0.828. The molecule has 16 heavy (non-hydrogen) atoms. The van der Waals surface area contributed by atoms with Gasteiger partial charge in [-0.1, -0.05) is 18.2 Å². The molecule has 0 N–H and O–H groups in total. The van der Waals surface area contributed by atoms with Crippen LogP contribution in [0.15, 0.2) is 24.3 Å². The van der Waals surface area contributed by atoms with E-state index in [1.807, 2.05) is 24.3 Å². The fourth-order valence-electron chi connectivity index (χ4n) is 2.67. The average molecular weight is 235 g/mol. The largest absolute Gasteiger partial charge is 0.242 e. The van der Waals surface area contributed by atoms with Gasteiger partial charge in [0.15, 0.2) is 0 Å². The lowest BCUT2D eigenvalue weighted by Crippen LogP contribution is -2.12. The van der Waals surface area contributed by atoms with Gasteiger partial charge in [-0.3, -0.25) is 0 Å². The summed E-state index contributed by atoms with van der Waals surface area (Å²) in [7, 11) is -3.19. The molecule has 4 heteroatoms. The number of rotatable bonds is 1. The Morgan fingerprint density at radius 1 is 1.19 bits per heavy atom. The molecule has 0 atom stereocenters. The molecule has 3 nitrogen and oxygen atoms in total. The molecule has 1 aliphatic rings. The maximum absolute atomic E-state index is 11.8. The first-order valence-corrected chi connectivity index (χ1v) is 7.25. The zero-order valence-electron chi connectivity index (χ0n) is 9.10. The van der Waals surface area contributed by atoms with Crippen molar-refractivity contribution in [1.82, 2.24) is 3.97 Å². The molecule has 0 saturated heterocycles. The van der Waals surface area contributed by atoms with Gasteiger partial charge in [-0.2, -0.15) is 0 Å². The fourth-order valence-corrected chi connectivity index (χ4v) is 3.79. The first-order chi connectivity index (χ1) is 7.59. The Labute approximate surface area is 94.7 Å². The lowest BCUT2D eigenvalue weighted by atomic mass is 10.1. The van der Waals surface area contributed by atoms with Crippen molar-refractivity contribution in [3.8, 4) is 0 Å². The Kier molecular flexibility index (Phi) is 1.92. The van der Waals surface area contributed by atoms with E-state index in [1.165, 1.54) is 15.8 Å². The van der Waals surface area contributed by atoms with Crippen molar-refractivity contribution < 1.29 is 8.42 Å². The highest BCUT2D eigenvalue weighted by Gasteiger charge is 2.24. The zero-order valence-corrected chi connectivity index (χ0v) is 9.92. The first kappa shape index (κ1) is 9.90. The number of aromatic nitrogens is 1. The molecule has 0 fully saturated rings. The second-order valence-corrected chi connectivity index (χ2v) is 6.15. The van der Waals surface area contributed by atoms with Crippen molar-refractivity contribution in [3.05, 3.63) is 35.5 Å². The van der Waals surface area contributed by atoms with Crippen LogP contribution in [-0.2, 0) is 22.9 Å². The molecule has 1 heterocycles. The predicted octanol–water partition coefficient (Wildman–Crippen LogP) is 1.94. The summed E-state index contributed by atoms with van der Waals surface area (Å²) in [6.07, 6.45) is 4.21. The number of aryl methyl sites for hydroxylation is 1. The van der Waals surface area contributed by atoms with E-state index in [-0.39, 0.29) is 0 Å². The molecule has 0 bridgehead atoms. The van der Waals surface area contributed by atoms with E-state index in [2.05, 4.69) is 0 Å². The van der Waals surface area contributed by atoms with E-state index < -0.39 is 10.0 Å². The van der Waals surface area contributed by atoms with E-state index in [4.69, 9.17) is 0 Å². The molecule has 1 aliphatic carbocycles. The van der Waals surface area contributed by atoms with E-state index in [0.717, 1.165) is 35.9 Å². The van der Waals surface area contributed by atoms with Gasteiger partial charge in [-0.05, 0) is 30.9 Å². The van der Waals surface area contributed by atoms with Crippen LogP contribution in [0.5, 0.6) is 0 Å². The van der Waals surface area contributed by atoms with Gasteiger partial charge in [0.25, 0.3) is 0 Å². The number of fused-ring (bicyclic) bond motifs is 3. The van der Waals surface area contributed by atoms with Crippen molar-refractivity contribution in [1.29, 1.82) is 0 Å². The summed E-state index contributed by atoms with van der Waals surface area (Å²) in [6.45, 7) is 0. The predicted molar refractivity (Wildman–Crippen MR) is 64.2 cm³/mol. The van der Waals surface area contributed by atoms with Gasteiger partial charge in [0, 0.05) is 11.1 Å². The molecule has 3 rings (SSSR count). The average Bonchev–Trinajstić information content (AvgIpc) is 2.73. The van der Waals surface area contributed by atoms with Gasteiger partial charge in [-0.25, -0.2) is 12.4 Å². The number of hydrogen-bond donors (Lipinski definition) is 0. The highest BCUT2D eigenvalue weighted by atomic mass is 32.2. The molecule has 0 unspecified atom stereocenters. The van der Waals surface area contributed by atoms with E-state index >= 15 is 0 Å². The van der Waals surface area contributed by atoms with Crippen molar-refractivity contribution in [3.63, 3.8) is 0 Å². The van der Waals surface area contributed by atoms with E-state index in [1.54, 1.807) is 0 Å². The van der Waals surface area contributed by atoms with Crippen molar-refractivity contribution >= 4 is 20.9 Å². The fraction of sp³-hybridized carbons (Fsp3) is 0.333. The van der Waals surface area contributed by atoms with Crippen LogP contribution in [0.3, 0.4) is 0 Å². The summed E-state index contributed by atoms with van der Waals surface area (Å²) < 4.78 is 25.2. The van der Waals surface area contributed by atoms with Gasteiger partial charge in [0.1, 0.15) is 0 Å². The molecule has 0 aliphatic heterocycles. The number of hydrogen-bond acceptors (Lipinski definition) is 2. The summed E-state index contributed by atoms with van der Waals surface area (Å²) in [4.78, 5) is 0. The summed E-state index contributed by atoms with van der Waals surface area (Å²) in [5.41, 5.74) is 3.04. The topological polar surface area (TPSA) is 39.1 Å². The molecule has 1 aromatic carbocycles. The van der Waals surface area contributed by atoms with Crippen LogP contribution in [-0.4, -0.2) is 18.6 Å². The van der Waals surface area contributed by atoms with Gasteiger partial charge in [-0.15, -0.1) is 0 Å². The number of benzene rings is 1. The first-order valence-electron chi connectivity index (χ1n) is 5.41. The minimum Gasteiger partial charge on any atom is -0.242 e. The molecular formula is C12H13NO2S. The lowest BCUT2D eigenvalue weighted by Gasteiger charge is -2.05. The molecule has 0 saturated carbocycles. The highest BCUT2D eigenvalue weighted by molar-refractivity contribution is 7.89. The summed E-state index contributed by atoms with van der Waals surface area (Å²) in [5.74, 6) is 0. The maximum Gasteiger partial charge on any atom is 0.236 e. The van der Waals surface area contributed by atoms with Crippen LogP contribution >= 0.6 is 0 Å². The van der Waals surface area contributed by atoms with Gasteiger partial charge < -0.3 is 0 Å². The highest BCUT2D eigenvalue weighted by Crippen LogP contribution is 2.33. The Hall–Kier alpha value is -1.29. The second-order valence-electron chi connectivity index (χ2n) is 4.32. The van der Waals surface area contributed by atoms with E-state index in [9.17, 15) is 8.42 Å². The molecule has 2 aromatic rings. The summed E-state index contributed by atoms with van der Waals surface area (Å²) in [5, 5.41) is 1.10. The molecule has 0 radical (unpaired) electrons. The number of para-hydroxylation sites is 1. The Morgan fingerprint density at radius 3 is 2.69 bits per heavy atom. The SMILES string of the molecule is CS(=O)(=O)n1c2c(c3ccccc31)CCC2. The van der Waals surface area contributed by atoms with Crippen LogP contribution in [0.4, 0.5) is 0 Å². The lowest BCUT2D eigenvalue weighted by molar-refractivity contribution is 0.593. The Balaban J connectivity index is 2.52. The molecule has 0 amide bonds. The maximum atomic E-state index is 11.8. The number of nitrogens with zero attached hydrogens (tertiary/aromatic N) is 1. The second kappa shape index (κ2) is 3.10. The zero-order chi connectivity index (χ0) is 11.3. The summed E-state index contributed by atoms with van der Waals surface area (Å²) >= 11 is 0. The van der Waals surface area contributed by atoms with Gasteiger partial charge in [0.2, 0.25) is 10.0 Å². The molecular weight excluding hydrogens is 222 g/mol. The molecule has 0 spiro atoms. The van der Waals surface area contributed by atoms with Crippen LogP contribution in [0.25, 0.3) is 10.9 Å². The standard InChI is InChI=1S/C12H13NO2S/c1-16(14,15)13-11-7-3-2-5-9(11)10-6-4-8-12(10)13/h2-3,5,7H,4,6,8H2,1H3. The summed E-state index contributed by atoms with van der Waals surface area (Å²) in [6, 6.07) is 7.75. The smallest absolute Gasteiger partial charge is 0.236 e. The van der Waals surface area contributed by atoms with Gasteiger partial charge in [0.05, 0.1) is 11.8 Å². The third-order valence-corrected chi connectivity index (χ3v) is 4.29. The molecule has 84 valence electrons. The monoisotopic (exact) mass is 235 g/mol.